The van der Waals surface area contributed by atoms with Gasteiger partial charge in [-0.1, -0.05) is 20.8 Å². The first kappa shape index (κ1) is 7.73. The lowest BCUT2D eigenvalue weighted by molar-refractivity contribution is 0.600. The van der Waals surface area contributed by atoms with E-state index in [4.69, 9.17) is 0 Å². The normalized spacial score (nSPS) is 12.0. The van der Waals surface area contributed by atoms with Crippen LogP contribution in [0.2, 0.25) is 0 Å². The number of aromatic nitrogens is 1. The van der Waals surface area contributed by atoms with Crippen molar-refractivity contribution in [2.45, 2.75) is 33.1 Å². The molecule has 2 heteroatoms. The lowest BCUT2D eigenvalue weighted by Crippen LogP contribution is -2.09. The fourth-order valence-corrected chi connectivity index (χ4v) is 1.80. The largest absolute Gasteiger partial charge is 0.201 e. The summed E-state index contributed by atoms with van der Waals surface area (Å²) in [4.78, 5) is 1.40. The molecule has 1 rings (SSSR count). The van der Waals surface area contributed by atoms with E-state index in [1.807, 2.05) is 6.20 Å². The Balaban J connectivity index is 3.05. The summed E-state index contributed by atoms with van der Waals surface area (Å²) in [7, 11) is 0. The Hall–Kier alpha value is -0.370. The minimum atomic E-state index is 0.269. The van der Waals surface area contributed by atoms with Gasteiger partial charge in [-0.25, -0.2) is 4.37 Å². The summed E-state index contributed by atoms with van der Waals surface area (Å²) in [6.45, 7) is 8.76. The summed E-state index contributed by atoms with van der Waals surface area (Å²) in [5, 5.41) is 0. The lowest BCUT2D eigenvalue weighted by atomic mass is 9.92. The van der Waals surface area contributed by atoms with E-state index in [1.54, 1.807) is 11.5 Å². The highest BCUT2D eigenvalue weighted by Gasteiger charge is 2.17. The standard InChI is InChI=1S/C8H13NS/c1-6-5-9-10-7(6)8(2,3)4/h5H,1-4H3. The van der Waals surface area contributed by atoms with Crippen LogP contribution < -0.4 is 0 Å². The molecule has 10 heavy (non-hydrogen) atoms. The second-order valence-electron chi connectivity index (χ2n) is 3.59. The third kappa shape index (κ3) is 1.37. The van der Waals surface area contributed by atoms with Crippen molar-refractivity contribution in [3.63, 3.8) is 0 Å². The van der Waals surface area contributed by atoms with Gasteiger partial charge in [0.15, 0.2) is 0 Å². The van der Waals surface area contributed by atoms with Crippen LogP contribution in [0.5, 0.6) is 0 Å². The maximum absolute atomic E-state index is 4.13. The van der Waals surface area contributed by atoms with Crippen molar-refractivity contribution >= 4 is 11.5 Å². The van der Waals surface area contributed by atoms with Gasteiger partial charge in [-0.2, -0.15) is 0 Å². The van der Waals surface area contributed by atoms with Crippen molar-refractivity contribution in [3.05, 3.63) is 16.6 Å². The monoisotopic (exact) mass is 155 g/mol. The number of hydrogen-bond acceptors (Lipinski definition) is 2. The van der Waals surface area contributed by atoms with E-state index in [0.29, 0.717) is 0 Å². The first-order chi connectivity index (χ1) is 4.52. The van der Waals surface area contributed by atoms with Crippen molar-refractivity contribution in [1.82, 2.24) is 4.37 Å². The van der Waals surface area contributed by atoms with E-state index in [0.717, 1.165) is 0 Å². The average molecular weight is 155 g/mol. The predicted molar refractivity (Wildman–Crippen MR) is 45.6 cm³/mol. The van der Waals surface area contributed by atoms with Gasteiger partial charge < -0.3 is 0 Å². The molecular weight excluding hydrogens is 142 g/mol. The highest BCUT2D eigenvalue weighted by molar-refractivity contribution is 7.06. The van der Waals surface area contributed by atoms with Gasteiger partial charge in [-0.3, -0.25) is 0 Å². The minimum Gasteiger partial charge on any atom is -0.201 e. The molecule has 0 aromatic carbocycles. The Morgan fingerprint density at radius 2 is 2.00 bits per heavy atom. The Bertz CT molecular complexity index is 219. The number of aryl methyl sites for hydroxylation is 1. The van der Waals surface area contributed by atoms with E-state index in [1.165, 1.54) is 10.4 Å². The maximum Gasteiger partial charge on any atom is 0.0439 e. The predicted octanol–water partition coefficient (Wildman–Crippen LogP) is 2.75. The van der Waals surface area contributed by atoms with Crippen molar-refractivity contribution in [2.75, 3.05) is 0 Å². The van der Waals surface area contributed by atoms with Crippen molar-refractivity contribution in [2.24, 2.45) is 0 Å². The van der Waals surface area contributed by atoms with Crippen LogP contribution in [0.1, 0.15) is 31.2 Å². The SMILES string of the molecule is Cc1cnsc1C(C)(C)C. The summed E-state index contributed by atoms with van der Waals surface area (Å²) in [6, 6.07) is 0. The zero-order valence-corrected chi connectivity index (χ0v) is 7.75. The molecule has 0 unspecified atom stereocenters. The van der Waals surface area contributed by atoms with Crippen LogP contribution in [0, 0.1) is 6.92 Å². The van der Waals surface area contributed by atoms with Crippen LogP contribution >= 0.6 is 11.5 Å². The Morgan fingerprint density at radius 3 is 2.20 bits per heavy atom. The molecule has 0 aliphatic heterocycles. The lowest BCUT2D eigenvalue weighted by Gasteiger charge is -2.16. The summed E-state index contributed by atoms with van der Waals surface area (Å²) >= 11 is 1.61. The van der Waals surface area contributed by atoms with E-state index in [9.17, 15) is 0 Å². The van der Waals surface area contributed by atoms with Crippen LogP contribution in [-0.4, -0.2) is 4.37 Å². The molecule has 1 aromatic rings. The van der Waals surface area contributed by atoms with Crippen molar-refractivity contribution in [1.29, 1.82) is 0 Å². The van der Waals surface area contributed by atoms with Gasteiger partial charge in [0.1, 0.15) is 0 Å². The van der Waals surface area contributed by atoms with Crippen molar-refractivity contribution in [3.8, 4) is 0 Å². The molecule has 0 amide bonds. The first-order valence-corrected chi connectivity index (χ1v) is 4.21. The Morgan fingerprint density at radius 1 is 1.40 bits per heavy atom. The van der Waals surface area contributed by atoms with Crippen LogP contribution in [-0.2, 0) is 5.41 Å². The molecule has 0 N–H and O–H groups in total. The molecule has 0 bridgehead atoms. The number of nitrogens with zero attached hydrogens (tertiary/aromatic N) is 1. The summed E-state index contributed by atoms with van der Waals surface area (Å²) in [5.74, 6) is 0. The van der Waals surface area contributed by atoms with E-state index in [2.05, 4.69) is 32.1 Å². The van der Waals surface area contributed by atoms with Gasteiger partial charge >= 0.3 is 0 Å². The molecule has 56 valence electrons. The van der Waals surface area contributed by atoms with Gasteiger partial charge in [0.25, 0.3) is 0 Å². The topological polar surface area (TPSA) is 12.9 Å². The van der Waals surface area contributed by atoms with Gasteiger partial charge in [-0.05, 0) is 29.4 Å². The molecule has 0 spiro atoms. The molecule has 0 aliphatic rings. The molecule has 0 saturated carbocycles. The van der Waals surface area contributed by atoms with Gasteiger partial charge in [0.2, 0.25) is 0 Å². The quantitative estimate of drug-likeness (QED) is 0.561. The maximum atomic E-state index is 4.13. The summed E-state index contributed by atoms with van der Waals surface area (Å²) < 4.78 is 4.13. The smallest absolute Gasteiger partial charge is 0.0439 e. The summed E-state index contributed by atoms with van der Waals surface area (Å²) in [6.07, 6.45) is 1.94. The zero-order chi connectivity index (χ0) is 7.78. The van der Waals surface area contributed by atoms with Gasteiger partial charge in [0.05, 0.1) is 0 Å². The summed E-state index contributed by atoms with van der Waals surface area (Å²) in [5.41, 5.74) is 1.59. The van der Waals surface area contributed by atoms with Gasteiger partial charge in [-0.15, -0.1) is 0 Å². The molecule has 0 aliphatic carbocycles. The Kier molecular flexibility index (Phi) is 1.82. The fourth-order valence-electron chi connectivity index (χ4n) is 1.02. The molecule has 0 radical (unpaired) electrons. The van der Waals surface area contributed by atoms with E-state index < -0.39 is 0 Å². The van der Waals surface area contributed by atoms with E-state index in [-0.39, 0.29) is 5.41 Å². The highest BCUT2D eigenvalue weighted by Crippen LogP contribution is 2.28. The average Bonchev–Trinajstić information content (AvgIpc) is 2.11. The molecule has 1 nitrogen and oxygen atoms in total. The van der Waals surface area contributed by atoms with Crippen LogP contribution in [0.25, 0.3) is 0 Å². The third-order valence-corrected chi connectivity index (χ3v) is 2.76. The second kappa shape index (κ2) is 2.35. The highest BCUT2D eigenvalue weighted by atomic mass is 32.1. The number of rotatable bonds is 0. The molecule has 1 heterocycles. The molecule has 0 saturated heterocycles. The first-order valence-electron chi connectivity index (χ1n) is 3.43. The van der Waals surface area contributed by atoms with Crippen molar-refractivity contribution < 1.29 is 0 Å². The zero-order valence-electron chi connectivity index (χ0n) is 6.93. The van der Waals surface area contributed by atoms with Crippen LogP contribution in [0.15, 0.2) is 6.20 Å². The minimum absolute atomic E-state index is 0.269. The van der Waals surface area contributed by atoms with Crippen LogP contribution in [0.4, 0.5) is 0 Å². The fraction of sp³-hybridized carbons (Fsp3) is 0.625. The second-order valence-corrected chi connectivity index (χ2v) is 4.39. The molecule has 0 fully saturated rings. The molecule has 0 atom stereocenters. The van der Waals surface area contributed by atoms with Crippen LogP contribution in [0.3, 0.4) is 0 Å². The van der Waals surface area contributed by atoms with Gasteiger partial charge in [0, 0.05) is 11.1 Å². The molecule has 1 aromatic heterocycles. The number of hydrogen-bond donors (Lipinski definition) is 0. The Labute approximate surface area is 66.3 Å². The molecular formula is C8H13NS. The third-order valence-electron chi connectivity index (χ3n) is 1.43. The van der Waals surface area contributed by atoms with E-state index >= 15 is 0 Å².